The summed E-state index contributed by atoms with van der Waals surface area (Å²) in [7, 11) is 3.40. The summed E-state index contributed by atoms with van der Waals surface area (Å²) in [5.41, 5.74) is 1.76. The predicted molar refractivity (Wildman–Crippen MR) is 76.7 cm³/mol. The number of benzene rings is 1. The highest BCUT2D eigenvalue weighted by Gasteiger charge is 2.37. The van der Waals surface area contributed by atoms with Crippen molar-refractivity contribution in [2.75, 3.05) is 25.6 Å². The normalized spacial score (nSPS) is 21.5. The molecule has 1 heterocycles. The van der Waals surface area contributed by atoms with Crippen molar-refractivity contribution in [3.8, 4) is 0 Å². The van der Waals surface area contributed by atoms with Gasteiger partial charge in [0.2, 0.25) is 0 Å². The first-order valence-corrected chi connectivity index (χ1v) is 6.61. The van der Waals surface area contributed by atoms with E-state index >= 15 is 0 Å². The van der Waals surface area contributed by atoms with E-state index in [2.05, 4.69) is 24.1 Å². The van der Waals surface area contributed by atoms with Crippen molar-refractivity contribution in [3.05, 3.63) is 29.8 Å². The van der Waals surface area contributed by atoms with Crippen LogP contribution in [0, 0.1) is 0 Å². The average molecular weight is 262 g/mol. The third kappa shape index (κ3) is 2.73. The summed E-state index contributed by atoms with van der Waals surface area (Å²) in [6.07, 6.45) is 1.09. The zero-order valence-electron chi connectivity index (χ0n) is 12.1. The van der Waals surface area contributed by atoms with E-state index in [1.807, 2.05) is 25.2 Å². The molecule has 1 saturated heterocycles. The van der Waals surface area contributed by atoms with Crippen LogP contribution in [-0.2, 0) is 4.74 Å². The van der Waals surface area contributed by atoms with Gasteiger partial charge in [0, 0.05) is 23.8 Å². The van der Waals surface area contributed by atoms with Gasteiger partial charge in [-0.2, -0.15) is 0 Å². The number of carbonyl (C=O) groups is 1. The second kappa shape index (κ2) is 5.21. The molecule has 1 aromatic rings. The summed E-state index contributed by atoms with van der Waals surface area (Å²) in [4.78, 5) is 14.0. The molecule has 0 amide bonds. The molecule has 2 rings (SSSR count). The molecule has 4 nitrogen and oxygen atoms in total. The van der Waals surface area contributed by atoms with Gasteiger partial charge in [0.25, 0.3) is 0 Å². The first-order chi connectivity index (χ1) is 8.97. The standard InChI is InChI=1S/C15H22N2O2/c1-15(2)9-12(16-3)10-17(15)13-7-5-6-11(8-13)14(18)19-4/h5-8,12,16H,9-10H2,1-4H3. The van der Waals surface area contributed by atoms with Crippen LogP contribution in [-0.4, -0.2) is 38.3 Å². The molecule has 104 valence electrons. The number of rotatable bonds is 3. The molecule has 0 saturated carbocycles. The minimum Gasteiger partial charge on any atom is -0.465 e. The number of carbonyl (C=O) groups excluding carboxylic acids is 1. The quantitative estimate of drug-likeness (QED) is 0.847. The third-order valence-electron chi connectivity index (χ3n) is 3.87. The summed E-state index contributed by atoms with van der Waals surface area (Å²) in [5, 5.41) is 3.33. The highest BCUT2D eigenvalue weighted by molar-refractivity contribution is 5.90. The summed E-state index contributed by atoms with van der Waals surface area (Å²) < 4.78 is 4.78. The Morgan fingerprint density at radius 3 is 2.79 bits per heavy atom. The number of esters is 1. The highest BCUT2D eigenvalue weighted by atomic mass is 16.5. The Bertz CT molecular complexity index is 471. The van der Waals surface area contributed by atoms with Crippen LogP contribution in [0.2, 0.25) is 0 Å². The van der Waals surface area contributed by atoms with Crippen molar-refractivity contribution in [2.45, 2.75) is 31.8 Å². The molecule has 0 bridgehead atoms. The van der Waals surface area contributed by atoms with E-state index in [9.17, 15) is 4.79 Å². The Morgan fingerprint density at radius 2 is 2.21 bits per heavy atom. The van der Waals surface area contributed by atoms with Crippen LogP contribution in [0.4, 0.5) is 5.69 Å². The Morgan fingerprint density at radius 1 is 1.47 bits per heavy atom. The number of methoxy groups -OCH3 is 1. The zero-order chi connectivity index (χ0) is 14.0. The number of anilines is 1. The number of hydrogen-bond acceptors (Lipinski definition) is 4. The van der Waals surface area contributed by atoms with Crippen molar-refractivity contribution < 1.29 is 9.53 Å². The van der Waals surface area contributed by atoms with E-state index in [1.54, 1.807) is 6.07 Å². The van der Waals surface area contributed by atoms with E-state index in [0.29, 0.717) is 11.6 Å². The lowest BCUT2D eigenvalue weighted by Gasteiger charge is -2.33. The molecule has 1 aliphatic heterocycles. The lowest BCUT2D eigenvalue weighted by Crippen LogP contribution is -2.38. The first-order valence-electron chi connectivity index (χ1n) is 6.61. The van der Waals surface area contributed by atoms with Crippen LogP contribution < -0.4 is 10.2 Å². The van der Waals surface area contributed by atoms with Crippen LogP contribution in [0.1, 0.15) is 30.6 Å². The Balaban J connectivity index is 2.29. The smallest absolute Gasteiger partial charge is 0.337 e. The maximum atomic E-state index is 11.6. The van der Waals surface area contributed by atoms with Crippen molar-refractivity contribution >= 4 is 11.7 Å². The SMILES string of the molecule is CNC1CN(c2cccc(C(=O)OC)c2)C(C)(C)C1. The van der Waals surface area contributed by atoms with Gasteiger partial charge in [-0.25, -0.2) is 4.79 Å². The molecule has 4 heteroatoms. The molecule has 1 N–H and O–H groups in total. The minimum absolute atomic E-state index is 0.0857. The van der Waals surface area contributed by atoms with E-state index in [-0.39, 0.29) is 11.5 Å². The molecule has 0 aliphatic carbocycles. The fraction of sp³-hybridized carbons (Fsp3) is 0.533. The molecule has 1 atom stereocenters. The topological polar surface area (TPSA) is 41.6 Å². The lowest BCUT2D eigenvalue weighted by atomic mass is 9.99. The maximum Gasteiger partial charge on any atom is 0.337 e. The first kappa shape index (κ1) is 13.9. The molecule has 0 radical (unpaired) electrons. The van der Waals surface area contributed by atoms with Gasteiger partial charge >= 0.3 is 5.97 Å². The van der Waals surface area contributed by atoms with E-state index in [0.717, 1.165) is 18.7 Å². The second-order valence-electron chi connectivity index (χ2n) is 5.65. The van der Waals surface area contributed by atoms with Gasteiger partial charge in [0.05, 0.1) is 12.7 Å². The number of ether oxygens (including phenoxy) is 1. The van der Waals surface area contributed by atoms with Crippen LogP contribution in [0.25, 0.3) is 0 Å². The van der Waals surface area contributed by atoms with Crippen LogP contribution in [0.5, 0.6) is 0 Å². The molecule has 1 aliphatic rings. The Hall–Kier alpha value is -1.55. The molecule has 0 spiro atoms. The van der Waals surface area contributed by atoms with Gasteiger partial charge in [-0.1, -0.05) is 6.07 Å². The van der Waals surface area contributed by atoms with Gasteiger partial charge < -0.3 is 15.0 Å². The number of hydrogen-bond donors (Lipinski definition) is 1. The van der Waals surface area contributed by atoms with Gasteiger partial charge in [0.15, 0.2) is 0 Å². The molecular weight excluding hydrogens is 240 g/mol. The van der Waals surface area contributed by atoms with Crippen LogP contribution in [0.15, 0.2) is 24.3 Å². The van der Waals surface area contributed by atoms with Crippen LogP contribution in [0.3, 0.4) is 0 Å². The molecule has 1 fully saturated rings. The third-order valence-corrected chi connectivity index (χ3v) is 3.87. The Kier molecular flexibility index (Phi) is 3.80. The van der Waals surface area contributed by atoms with E-state index in [4.69, 9.17) is 4.74 Å². The number of nitrogens with zero attached hydrogens (tertiary/aromatic N) is 1. The summed E-state index contributed by atoms with van der Waals surface area (Å²) in [6, 6.07) is 8.13. The summed E-state index contributed by atoms with van der Waals surface area (Å²) >= 11 is 0. The fourth-order valence-electron chi connectivity index (χ4n) is 2.81. The lowest BCUT2D eigenvalue weighted by molar-refractivity contribution is 0.0600. The zero-order valence-corrected chi connectivity index (χ0v) is 12.1. The van der Waals surface area contributed by atoms with E-state index < -0.39 is 0 Å². The van der Waals surface area contributed by atoms with Crippen molar-refractivity contribution in [1.29, 1.82) is 0 Å². The number of likely N-dealkylation sites (N-methyl/N-ethyl adjacent to an activating group) is 1. The second-order valence-corrected chi connectivity index (χ2v) is 5.65. The summed E-state index contributed by atoms with van der Waals surface area (Å²) in [5.74, 6) is -0.288. The van der Waals surface area contributed by atoms with Crippen molar-refractivity contribution in [1.82, 2.24) is 5.32 Å². The molecule has 1 aromatic carbocycles. The van der Waals surface area contributed by atoms with Crippen molar-refractivity contribution in [2.24, 2.45) is 0 Å². The van der Waals surface area contributed by atoms with E-state index in [1.165, 1.54) is 7.11 Å². The average Bonchev–Trinajstić information content (AvgIpc) is 2.73. The van der Waals surface area contributed by atoms with Crippen LogP contribution >= 0.6 is 0 Å². The van der Waals surface area contributed by atoms with Gasteiger partial charge in [-0.3, -0.25) is 0 Å². The van der Waals surface area contributed by atoms with Gasteiger partial charge in [0.1, 0.15) is 0 Å². The molecule has 1 unspecified atom stereocenters. The van der Waals surface area contributed by atoms with Crippen molar-refractivity contribution in [3.63, 3.8) is 0 Å². The summed E-state index contributed by atoms with van der Waals surface area (Å²) in [6.45, 7) is 5.42. The maximum absolute atomic E-state index is 11.6. The number of nitrogens with one attached hydrogen (secondary N) is 1. The molecule has 0 aromatic heterocycles. The molecule has 19 heavy (non-hydrogen) atoms. The Labute approximate surface area is 114 Å². The molecular formula is C15H22N2O2. The highest BCUT2D eigenvalue weighted by Crippen LogP contribution is 2.34. The van der Waals surface area contributed by atoms with Gasteiger partial charge in [-0.15, -0.1) is 0 Å². The predicted octanol–water partition coefficient (Wildman–Crippen LogP) is 2.05. The van der Waals surface area contributed by atoms with Gasteiger partial charge in [-0.05, 0) is 45.5 Å². The fourth-order valence-corrected chi connectivity index (χ4v) is 2.81. The minimum atomic E-state index is -0.288. The largest absolute Gasteiger partial charge is 0.465 e. The monoisotopic (exact) mass is 262 g/mol.